The molecule has 0 radical (unpaired) electrons. The number of rotatable bonds is 0. The highest BCUT2D eigenvalue weighted by Gasteiger charge is 1.96. The van der Waals surface area contributed by atoms with E-state index in [0.29, 0.717) is 0 Å². The second kappa shape index (κ2) is 6.10. The minimum atomic E-state index is 0.834. The summed E-state index contributed by atoms with van der Waals surface area (Å²) < 4.78 is 2.04. The predicted molar refractivity (Wildman–Crippen MR) is 80.6 cm³/mol. The Labute approximate surface area is 115 Å². The summed E-state index contributed by atoms with van der Waals surface area (Å²) in [5, 5.41) is 0. The summed E-state index contributed by atoms with van der Waals surface area (Å²) in [4.78, 5) is 5.21. The minimum absolute atomic E-state index is 0.834. The van der Waals surface area contributed by atoms with Crippen molar-refractivity contribution in [3.63, 3.8) is 0 Å². The van der Waals surface area contributed by atoms with Gasteiger partial charge in [-0.25, -0.2) is 4.98 Å². The van der Waals surface area contributed by atoms with Gasteiger partial charge in [0.1, 0.15) is 4.34 Å². The van der Waals surface area contributed by atoms with Crippen LogP contribution < -0.4 is 0 Å². The molecule has 0 aliphatic rings. The molecule has 17 heavy (non-hydrogen) atoms. The molecule has 0 N–H and O–H groups in total. The first-order chi connectivity index (χ1) is 8.25. The van der Waals surface area contributed by atoms with Crippen LogP contribution in [0.25, 0.3) is 10.2 Å². The van der Waals surface area contributed by atoms with Crippen molar-refractivity contribution in [3.8, 4) is 0 Å². The van der Waals surface area contributed by atoms with E-state index in [1.165, 1.54) is 4.70 Å². The molecule has 0 unspecified atom stereocenters. The van der Waals surface area contributed by atoms with Crippen LogP contribution in [0.5, 0.6) is 0 Å². The number of aromatic nitrogens is 1. The Hall–Kier alpha value is -0.970. The SMILES string of the molecule is Sc1ccccc1.Sc1nc2ccccc2s1. The largest absolute Gasteiger partial charge is 0.230 e. The van der Waals surface area contributed by atoms with Gasteiger partial charge in [0.2, 0.25) is 0 Å². The fourth-order valence-electron chi connectivity index (χ4n) is 1.29. The highest BCUT2D eigenvalue weighted by atomic mass is 32.2. The number of nitrogens with zero attached hydrogens (tertiary/aromatic N) is 1. The van der Waals surface area contributed by atoms with Gasteiger partial charge in [-0.1, -0.05) is 30.3 Å². The number of para-hydroxylation sites is 1. The molecule has 1 aromatic heterocycles. The van der Waals surface area contributed by atoms with Crippen LogP contribution in [0.1, 0.15) is 0 Å². The van der Waals surface area contributed by atoms with Crippen molar-refractivity contribution >= 4 is 46.8 Å². The lowest BCUT2D eigenvalue weighted by Gasteiger charge is -1.81. The third-order valence-corrected chi connectivity index (χ3v) is 3.55. The third kappa shape index (κ3) is 3.77. The van der Waals surface area contributed by atoms with Gasteiger partial charge >= 0.3 is 0 Å². The van der Waals surface area contributed by atoms with Crippen LogP contribution in [0.15, 0.2) is 63.8 Å². The van der Waals surface area contributed by atoms with E-state index in [2.05, 4.69) is 30.2 Å². The van der Waals surface area contributed by atoms with Crippen molar-refractivity contribution in [2.75, 3.05) is 0 Å². The van der Waals surface area contributed by atoms with Gasteiger partial charge in [-0.2, -0.15) is 0 Å². The zero-order valence-corrected chi connectivity index (χ0v) is 11.6. The number of benzene rings is 2. The summed E-state index contributed by atoms with van der Waals surface area (Å²) in [6.07, 6.45) is 0. The van der Waals surface area contributed by atoms with Crippen LogP contribution in [0, 0.1) is 0 Å². The highest BCUT2D eigenvalue weighted by molar-refractivity contribution is 7.83. The van der Waals surface area contributed by atoms with Gasteiger partial charge in [0.25, 0.3) is 0 Å². The molecule has 0 amide bonds. The van der Waals surface area contributed by atoms with Crippen LogP contribution in [0.4, 0.5) is 0 Å². The fourth-order valence-corrected chi connectivity index (χ4v) is 2.57. The molecule has 4 heteroatoms. The Bertz CT molecular complexity index is 557. The van der Waals surface area contributed by atoms with E-state index in [9.17, 15) is 0 Å². The Balaban J connectivity index is 0.000000136. The molecule has 0 saturated heterocycles. The standard InChI is InChI=1S/C7H5NS2.C6H6S/c9-7-8-5-3-1-2-4-6(5)10-7;7-6-4-2-1-3-5-6/h1-4H,(H,8,9);1-5,7H. The number of hydrogen-bond acceptors (Lipinski definition) is 4. The molecule has 0 atom stereocenters. The fraction of sp³-hybridized carbons (Fsp3) is 0. The first kappa shape index (κ1) is 12.5. The molecule has 0 saturated carbocycles. The molecule has 3 aromatic rings. The minimum Gasteiger partial charge on any atom is -0.230 e. The summed E-state index contributed by atoms with van der Waals surface area (Å²) in [6, 6.07) is 17.8. The molecule has 0 aliphatic heterocycles. The Kier molecular flexibility index (Phi) is 4.48. The lowest BCUT2D eigenvalue weighted by Crippen LogP contribution is -1.63. The second-order valence-corrected chi connectivity index (χ2v) is 5.57. The van der Waals surface area contributed by atoms with Gasteiger partial charge < -0.3 is 0 Å². The quantitative estimate of drug-likeness (QED) is 0.574. The Morgan fingerprint density at radius 1 is 0.824 bits per heavy atom. The van der Waals surface area contributed by atoms with E-state index in [1.54, 1.807) is 11.3 Å². The highest BCUT2D eigenvalue weighted by Crippen LogP contribution is 2.23. The van der Waals surface area contributed by atoms with Crippen molar-refractivity contribution in [3.05, 3.63) is 54.6 Å². The molecule has 0 aliphatic carbocycles. The summed E-state index contributed by atoms with van der Waals surface area (Å²) in [5.41, 5.74) is 1.04. The summed E-state index contributed by atoms with van der Waals surface area (Å²) >= 11 is 9.84. The monoisotopic (exact) mass is 277 g/mol. The van der Waals surface area contributed by atoms with E-state index in [-0.39, 0.29) is 0 Å². The molecule has 1 heterocycles. The maximum atomic E-state index is 4.20. The van der Waals surface area contributed by atoms with E-state index < -0.39 is 0 Å². The maximum absolute atomic E-state index is 4.20. The molecular formula is C13H11NS3. The van der Waals surface area contributed by atoms with Gasteiger partial charge in [-0.3, -0.25) is 0 Å². The lowest BCUT2D eigenvalue weighted by molar-refractivity contribution is 1.31. The van der Waals surface area contributed by atoms with E-state index >= 15 is 0 Å². The van der Waals surface area contributed by atoms with Crippen LogP contribution in [0.2, 0.25) is 0 Å². The van der Waals surface area contributed by atoms with Gasteiger partial charge in [0, 0.05) is 4.90 Å². The molecule has 1 nitrogen and oxygen atoms in total. The molecule has 86 valence electrons. The molecule has 3 rings (SSSR count). The molecule has 0 bridgehead atoms. The topological polar surface area (TPSA) is 12.9 Å². The van der Waals surface area contributed by atoms with Crippen LogP contribution in [-0.2, 0) is 0 Å². The number of thiazole rings is 1. The van der Waals surface area contributed by atoms with Crippen LogP contribution >= 0.6 is 36.6 Å². The normalized spacial score (nSPS) is 9.76. The average molecular weight is 277 g/mol. The summed E-state index contributed by atoms with van der Waals surface area (Å²) in [7, 11) is 0. The van der Waals surface area contributed by atoms with Gasteiger partial charge in [0.05, 0.1) is 10.2 Å². The lowest BCUT2D eigenvalue weighted by atomic mass is 10.3. The number of hydrogen-bond donors (Lipinski definition) is 2. The first-order valence-corrected chi connectivity index (χ1v) is 6.75. The van der Waals surface area contributed by atoms with Gasteiger partial charge in [-0.15, -0.1) is 36.6 Å². The van der Waals surface area contributed by atoms with Crippen molar-refractivity contribution in [2.24, 2.45) is 0 Å². The molecular weight excluding hydrogens is 266 g/mol. The summed E-state index contributed by atoms with van der Waals surface area (Å²) in [5.74, 6) is 0. The maximum Gasteiger partial charge on any atom is 0.148 e. The number of thiol groups is 2. The van der Waals surface area contributed by atoms with Crippen LogP contribution in [-0.4, -0.2) is 4.98 Å². The van der Waals surface area contributed by atoms with E-state index in [1.807, 2.05) is 54.6 Å². The van der Waals surface area contributed by atoms with Crippen LogP contribution in [0.3, 0.4) is 0 Å². The molecule has 0 fully saturated rings. The Morgan fingerprint density at radius 2 is 1.47 bits per heavy atom. The smallest absolute Gasteiger partial charge is 0.148 e. The van der Waals surface area contributed by atoms with E-state index in [4.69, 9.17) is 0 Å². The predicted octanol–water partition coefficient (Wildman–Crippen LogP) is 4.56. The van der Waals surface area contributed by atoms with E-state index in [0.717, 1.165) is 14.8 Å². The number of fused-ring (bicyclic) bond motifs is 1. The van der Waals surface area contributed by atoms with Crippen molar-refractivity contribution in [1.82, 2.24) is 4.98 Å². The second-order valence-electron chi connectivity index (χ2n) is 3.30. The van der Waals surface area contributed by atoms with Crippen molar-refractivity contribution in [2.45, 2.75) is 9.24 Å². The molecule has 2 aromatic carbocycles. The zero-order chi connectivity index (χ0) is 12.1. The first-order valence-electron chi connectivity index (χ1n) is 5.04. The zero-order valence-electron chi connectivity index (χ0n) is 8.95. The Morgan fingerprint density at radius 3 is 2.06 bits per heavy atom. The van der Waals surface area contributed by atoms with Gasteiger partial charge in [-0.05, 0) is 24.3 Å². The third-order valence-electron chi connectivity index (χ3n) is 2.04. The molecule has 0 spiro atoms. The summed E-state index contributed by atoms with van der Waals surface area (Å²) in [6.45, 7) is 0. The van der Waals surface area contributed by atoms with Crippen molar-refractivity contribution in [1.29, 1.82) is 0 Å². The van der Waals surface area contributed by atoms with Crippen molar-refractivity contribution < 1.29 is 0 Å². The van der Waals surface area contributed by atoms with Gasteiger partial charge in [0.15, 0.2) is 0 Å². The average Bonchev–Trinajstić information content (AvgIpc) is 2.71.